The predicted molar refractivity (Wildman–Crippen MR) is 185 cm³/mol. The molecule has 0 amide bonds. The predicted octanol–water partition coefficient (Wildman–Crippen LogP) is 7.46. The van der Waals surface area contributed by atoms with Gasteiger partial charge in [-0.05, 0) is 55.4 Å². The molecule has 0 saturated heterocycles. The van der Waals surface area contributed by atoms with Crippen molar-refractivity contribution in [3.05, 3.63) is 119 Å². The second-order valence-corrected chi connectivity index (χ2v) is 12.4. The van der Waals surface area contributed by atoms with E-state index in [2.05, 4.69) is 54.4 Å². The Morgan fingerprint density at radius 1 is 0.872 bits per heavy atom. The highest BCUT2D eigenvalue weighted by Gasteiger charge is 2.28. The van der Waals surface area contributed by atoms with Crippen LogP contribution in [0.1, 0.15) is 45.8 Å². The van der Waals surface area contributed by atoms with Crippen LogP contribution in [0.5, 0.6) is 5.75 Å². The van der Waals surface area contributed by atoms with Crippen molar-refractivity contribution in [1.82, 2.24) is 19.2 Å². The van der Waals surface area contributed by atoms with Crippen molar-refractivity contribution in [2.45, 2.75) is 45.6 Å². The molecule has 0 atom stereocenters. The van der Waals surface area contributed by atoms with E-state index in [1.54, 1.807) is 0 Å². The van der Waals surface area contributed by atoms with Gasteiger partial charge in [0.2, 0.25) is 0 Å². The number of aromatic nitrogens is 3. The number of aryl methyl sites for hydroxylation is 3. The Morgan fingerprint density at radius 2 is 1.64 bits per heavy atom. The SMILES string of the molecule is CN1CCCn2c(C(=O)O)c(CCCOc3cccc4ccccc34)c3cccc(c32)-c2c(COCc3ccccc3)nn(C)c2C1. The summed E-state index contributed by atoms with van der Waals surface area (Å²) in [5, 5.41) is 18.8. The highest BCUT2D eigenvalue weighted by atomic mass is 16.5. The lowest BCUT2D eigenvalue weighted by Gasteiger charge is -2.21. The van der Waals surface area contributed by atoms with Crippen LogP contribution >= 0.6 is 0 Å². The zero-order valence-corrected chi connectivity index (χ0v) is 27.0. The van der Waals surface area contributed by atoms with Gasteiger partial charge in [-0.2, -0.15) is 5.10 Å². The summed E-state index contributed by atoms with van der Waals surface area (Å²) in [4.78, 5) is 15.3. The molecule has 3 heterocycles. The number of para-hydroxylation sites is 1. The fourth-order valence-electron chi connectivity index (χ4n) is 7.04. The number of carboxylic acid groups (broad SMARTS) is 1. The van der Waals surface area contributed by atoms with E-state index in [4.69, 9.17) is 14.6 Å². The van der Waals surface area contributed by atoms with Gasteiger partial charge in [-0.3, -0.25) is 4.68 Å². The van der Waals surface area contributed by atoms with E-state index in [1.165, 1.54) is 0 Å². The summed E-state index contributed by atoms with van der Waals surface area (Å²) in [6, 6.07) is 30.6. The van der Waals surface area contributed by atoms with Crippen molar-refractivity contribution in [2.75, 3.05) is 20.2 Å². The lowest BCUT2D eigenvalue weighted by atomic mass is 9.97. The third-order valence-electron chi connectivity index (χ3n) is 9.17. The fourth-order valence-corrected chi connectivity index (χ4v) is 7.04. The first-order valence-electron chi connectivity index (χ1n) is 16.3. The van der Waals surface area contributed by atoms with Crippen LogP contribution in [0, 0.1) is 0 Å². The number of hydrogen-bond acceptors (Lipinski definition) is 5. The third kappa shape index (κ3) is 6.14. The Hall–Kier alpha value is -4.92. The summed E-state index contributed by atoms with van der Waals surface area (Å²) in [6.07, 6.45) is 2.11. The average molecular weight is 629 g/mol. The number of fused-ring (bicyclic) bond motifs is 3. The largest absolute Gasteiger partial charge is 0.493 e. The summed E-state index contributed by atoms with van der Waals surface area (Å²) < 4.78 is 16.5. The summed E-state index contributed by atoms with van der Waals surface area (Å²) in [7, 11) is 4.10. The van der Waals surface area contributed by atoms with Crippen LogP contribution in [0.25, 0.3) is 32.8 Å². The minimum Gasteiger partial charge on any atom is -0.493 e. The standard InChI is InChI=1S/C39H40N4O4/c1-41-21-11-22-43-37-30(31(38(43)39(44)45)19-10-23-47-35-20-8-15-28-14-6-7-16-29(28)35)17-9-18-32(37)36-33(40-42(2)34(36)24-41)26-46-25-27-12-4-3-5-13-27/h3-9,12-18,20H,10-11,19,21-26H2,1-2H3,(H,44,45). The van der Waals surface area contributed by atoms with Gasteiger partial charge in [0.1, 0.15) is 11.4 Å². The van der Waals surface area contributed by atoms with Crippen molar-refractivity contribution < 1.29 is 19.4 Å². The number of hydrogen-bond donors (Lipinski definition) is 1. The van der Waals surface area contributed by atoms with Crippen LogP contribution in [0.15, 0.2) is 91.0 Å². The average Bonchev–Trinajstić information content (AvgIpc) is 3.57. The van der Waals surface area contributed by atoms with Gasteiger partial charge in [-0.1, -0.05) is 84.9 Å². The third-order valence-corrected chi connectivity index (χ3v) is 9.17. The van der Waals surface area contributed by atoms with Crippen molar-refractivity contribution >= 4 is 27.6 Å². The highest BCUT2D eigenvalue weighted by Crippen LogP contribution is 2.39. The van der Waals surface area contributed by atoms with Gasteiger partial charge in [-0.25, -0.2) is 4.79 Å². The van der Waals surface area contributed by atoms with E-state index in [0.29, 0.717) is 44.9 Å². The minimum atomic E-state index is -0.902. The lowest BCUT2D eigenvalue weighted by molar-refractivity contribution is 0.0684. The van der Waals surface area contributed by atoms with Gasteiger partial charge in [0.25, 0.3) is 0 Å². The topological polar surface area (TPSA) is 81.8 Å². The highest BCUT2D eigenvalue weighted by molar-refractivity contribution is 6.04. The van der Waals surface area contributed by atoms with Gasteiger partial charge in [0.05, 0.1) is 36.7 Å². The van der Waals surface area contributed by atoms with Gasteiger partial charge in [-0.15, -0.1) is 0 Å². The maximum absolute atomic E-state index is 13.0. The van der Waals surface area contributed by atoms with E-state index in [9.17, 15) is 9.90 Å². The molecule has 8 nitrogen and oxygen atoms in total. The molecule has 0 radical (unpaired) electrons. The maximum atomic E-state index is 13.0. The van der Waals surface area contributed by atoms with Crippen LogP contribution in [-0.4, -0.2) is 50.5 Å². The first-order valence-corrected chi connectivity index (χ1v) is 16.3. The molecule has 0 spiro atoms. The first-order chi connectivity index (χ1) is 23.0. The fraction of sp³-hybridized carbons (Fsp3) is 0.282. The summed E-state index contributed by atoms with van der Waals surface area (Å²) in [5.41, 5.74) is 7.27. The van der Waals surface area contributed by atoms with Gasteiger partial charge < -0.3 is 24.0 Å². The molecule has 2 aromatic heterocycles. The molecule has 0 aliphatic carbocycles. The molecule has 240 valence electrons. The zero-order valence-electron chi connectivity index (χ0n) is 27.0. The molecule has 4 aromatic carbocycles. The summed E-state index contributed by atoms with van der Waals surface area (Å²) in [5.74, 6) is -0.0553. The Balaban J connectivity index is 1.25. The normalized spacial score (nSPS) is 13.6. The Bertz CT molecular complexity index is 2040. The van der Waals surface area contributed by atoms with E-state index >= 15 is 0 Å². The molecular weight excluding hydrogens is 588 g/mol. The van der Waals surface area contributed by atoms with E-state index in [-0.39, 0.29) is 0 Å². The number of ether oxygens (including phenoxy) is 2. The molecule has 0 unspecified atom stereocenters. The molecule has 0 saturated carbocycles. The molecule has 8 heteroatoms. The zero-order chi connectivity index (χ0) is 32.3. The summed E-state index contributed by atoms with van der Waals surface area (Å²) >= 11 is 0. The molecule has 6 aromatic rings. The molecule has 0 fully saturated rings. The molecule has 7 rings (SSSR count). The van der Waals surface area contributed by atoms with Crippen LogP contribution in [-0.2, 0) is 44.5 Å². The molecule has 1 N–H and O–H groups in total. The number of carboxylic acids is 1. The number of nitrogens with zero attached hydrogens (tertiary/aromatic N) is 4. The molecule has 0 bridgehead atoms. The van der Waals surface area contributed by atoms with Crippen LogP contribution in [0.3, 0.4) is 0 Å². The van der Waals surface area contributed by atoms with Crippen LogP contribution < -0.4 is 4.74 Å². The number of benzene rings is 4. The van der Waals surface area contributed by atoms with E-state index < -0.39 is 5.97 Å². The molecule has 1 aliphatic rings. The van der Waals surface area contributed by atoms with Crippen molar-refractivity contribution in [3.63, 3.8) is 0 Å². The van der Waals surface area contributed by atoms with Gasteiger partial charge in [0, 0.05) is 42.0 Å². The van der Waals surface area contributed by atoms with Crippen LogP contribution in [0.4, 0.5) is 0 Å². The smallest absolute Gasteiger partial charge is 0.352 e. The monoisotopic (exact) mass is 628 g/mol. The Kier molecular flexibility index (Phi) is 8.78. The lowest BCUT2D eigenvalue weighted by Crippen LogP contribution is -2.23. The Morgan fingerprint density at radius 3 is 2.49 bits per heavy atom. The summed E-state index contributed by atoms with van der Waals surface area (Å²) in [6.45, 7) is 3.50. The van der Waals surface area contributed by atoms with Gasteiger partial charge >= 0.3 is 5.97 Å². The quantitative estimate of drug-likeness (QED) is 0.159. The van der Waals surface area contributed by atoms with Crippen molar-refractivity contribution in [1.29, 1.82) is 0 Å². The number of rotatable bonds is 10. The number of carbonyl (C=O) groups is 1. The van der Waals surface area contributed by atoms with Crippen molar-refractivity contribution in [3.8, 4) is 16.9 Å². The molecule has 1 aliphatic heterocycles. The Labute approximate surface area is 274 Å². The van der Waals surface area contributed by atoms with Crippen molar-refractivity contribution in [2.24, 2.45) is 7.05 Å². The van der Waals surface area contributed by atoms with E-state index in [0.717, 1.165) is 80.6 Å². The maximum Gasteiger partial charge on any atom is 0.352 e. The van der Waals surface area contributed by atoms with E-state index in [1.807, 2.05) is 64.8 Å². The van der Waals surface area contributed by atoms with Gasteiger partial charge in [0.15, 0.2) is 0 Å². The second kappa shape index (κ2) is 13.4. The molecule has 47 heavy (non-hydrogen) atoms. The number of aromatic carboxylic acids is 1. The van der Waals surface area contributed by atoms with Crippen LogP contribution in [0.2, 0.25) is 0 Å². The first kappa shape index (κ1) is 30.7. The minimum absolute atomic E-state index is 0.350. The molecular formula is C39H40N4O4. The second-order valence-electron chi connectivity index (χ2n) is 12.4.